The molecule has 0 bridgehead atoms. The molecule has 3 heterocycles. The van der Waals surface area contributed by atoms with Crippen LogP contribution in [0.2, 0.25) is 0 Å². The Hall–Kier alpha value is -3.42. The average Bonchev–Trinajstić information content (AvgIpc) is 3.21. The number of nitrogens with zero attached hydrogens (tertiary/aromatic N) is 4. The van der Waals surface area contributed by atoms with Gasteiger partial charge in [-0.3, -0.25) is 4.79 Å². The van der Waals surface area contributed by atoms with Gasteiger partial charge < -0.3 is 19.5 Å². The number of aryl methyl sites for hydroxylation is 2. The van der Waals surface area contributed by atoms with E-state index in [-0.39, 0.29) is 11.8 Å². The van der Waals surface area contributed by atoms with Crippen LogP contribution in [0.4, 0.5) is 11.5 Å². The lowest BCUT2D eigenvalue weighted by Gasteiger charge is -2.33. The lowest BCUT2D eigenvalue weighted by Crippen LogP contribution is -2.41. The van der Waals surface area contributed by atoms with Crippen LogP contribution in [0.3, 0.4) is 0 Å². The van der Waals surface area contributed by atoms with Crippen molar-refractivity contribution in [1.82, 2.24) is 15.1 Å². The van der Waals surface area contributed by atoms with Crippen LogP contribution in [0.25, 0.3) is 11.5 Å². The van der Waals surface area contributed by atoms with E-state index in [4.69, 9.17) is 9.26 Å². The van der Waals surface area contributed by atoms with Gasteiger partial charge in [0.15, 0.2) is 5.82 Å². The van der Waals surface area contributed by atoms with Gasteiger partial charge in [0.05, 0.1) is 18.6 Å². The van der Waals surface area contributed by atoms with Gasteiger partial charge in [0.1, 0.15) is 11.6 Å². The molecule has 1 atom stereocenters. The predicted octanol–water partition coefficient (Wildman–Crippen LogP) is 3.61. The largest absolute Gasteiger partial charge is 0.497 e. The van der Waals surface area contributed by atoms with E-state index in [1.165, 1.54) is 0 Å². The van der Waals surface area contributed by atoms with Crippen LogP contribution in [-0.2, 0) is 4.79 Å². The van der Waals surface area contributed by atoms with Crippen molar-refractivity contribution in [2.75, 3.05) is 30.4 Å². The highest BCUT2D eigenvalue weighted by atomic mass is 16.5. The summed E-state index contributed by atoms with van der Waals surface area (Å²) in [6.07, 6.45) is 3.52. The Morgan fingerprint density at radius 3 is 2.80 bits per heavy atom. The number of aromatic nitrogens is 3. The van der Waals surface area contributed by atoms with Crippen molar-refractivity contribution in [2.45, 2.75) is 26.7 Å². The van der Waals surface area contributed by atoms with Gasteiger partial charge in [-0.05, 0) is 62.6 Å². The summed E-state index contributed by atoms with van der Waals surface area (Å²) >= 11 is 0. The molecule has 1 fully saturated rings. The first-order valence-electron chi connectivity index (χ1n) is 10.0. The molecule has 30 heavy (non-hydrogen) atoms. The standard InChI is InChI=1S/C22H25N5O3/c1-14-11-18(29-3)7-8-19(14)25-21(28)17-5-4-10-27(13-17)20-9-6-16(12-23-20)22-24-15(2)26-30-22/h6-9,11-12,17H,4-5,10,13H2,1-3H3,(H,25,28)/t17-/m1/s1. The van der Waals surface area contributed by atoms with E-state index in [1.807, 2.05) is 37.3 Å². The van der Waals surface area contributed by atoms with Gasteiger partial charge in [-0.1, -0.05) is 5.16 Å². The van der Waals surface area contributed by atoms with Gasteiger partial charge in [0.25, 0.3) is 5.89 Å². The van der Waals surface area contributed by atoms with Crippen molar-refractivity contribution in [2.24, 2.45) is 5.92 Å². The van der Waals surface area contributed by atoms with Crippen molar-refractivity contribution >= 4 is 17.4 Å². The highest BCUT2D eigenvalue weighted by molar-refractivity contribution is 5.93. The highest BCUT2D eigenvalue weighted by Crippen LogP contribution is 2.26. The van der Waals surface area contributed by atoms with Crippen molar-refractivity contribution in [3.63, 3.8) is 0 Å². The lowest BCUT2D eigenvalue weighted by atomic mass is 9.96. The zero-order chi connectivity index (χ0) is 21.1. The molecule has 2 aromatic heterocycles. The number of piperidine rings is 1. The third kappa shape index (κ3) is 4.27. The molecule has 8 heteroatoms. The first-order chi connectivity index (χ1) is 14.5. The maximum absolute atomic E-state index is 12.9. The zero-order valence-corrected chi connectivity index (χ0v) is 17.4. The smallest absolute Gasteiger partial charge is 0.259 e. The molecule has 0 unspecified atom stereocenters. The first-order valence-corrected chi connectivity index (χ1v) is 10.0. The number of nitrogens with one attached hydrogen (secondary N) is 1. The van der Waals surface area contributed by atoms with E-state index in [1.54, 1.807) is 20.2 Å². The molecule has 1 aliphatic rings. The summed E-state index contributed by atoms with van der Waals surface area (Å²) in [6, 6.07) is 9.50. The average molecular weight is 407 g/mol. The van der Waals surface area contributed by atoms with Crippen LogP contribution in [-0.4, -0.2) is 41.2 Å². The Morgan fingerprint density at radius 2 is 2.13 bits per heavy atom. The SMILES string of the molecule is COc1ccc(NC(=O)[C@@H]2CCCN(c3ccc(-c4nc(C)no4)cn3)C2)c(C)c1. The molecule has 0 saturated carbocycles. The predicted molar refractivity (Wildman–Crippen MR) is 114 cm³/mol. The van der Waals surface area contributed by atoms with Crippen LogP contribution in [0, 0.1) is 19.8 Å². The summed E-state index contributed by atoms with van der Waals surface area (Å²) in [6.45, 7) is 5.24. The molecule has 0 radical (unpaired) electrons. The minimum Gasteiger partial charge on any atom is -0.497 e. The van der Waals surface area contributed by atoms with Crippen molar-refractivity contribution in [3.05, 3.63) is 47.9 Å². The van der Waals surface area contributed by atoms with Crippen LogP contribution in [0.15, 0.2) is 41.1 Å². The fourth-order valence-corrected chi connectivity index (χ4v) is 3.65. The second-order valence-corrected chi connectivity index (χ2v) is 7.51. The van der Waals surface area contributed by atoms with E-state index in [2.05, 4.69) is 25.3 Å². The molecule has 4 rings (SSSR count). The van der Waals surface area contributed by atoms with Crippen LogP contribution in [0.1, 0.15) is 24.2 Å². The van der Waals surface area contributed by atoms with E-state index >= 15 is 0 Å². The molecule has 0 spiro atoms. The van der Waals surface area contributed by atoms with Crippen LogP contribution >= 0.6 is 0 Å². The molecule has 1 N–H and O–H groups in total. The molecule has 0 aliphatic carbocycles. The van der Waals surface area contributed by atoms with E-state index in [0.29, 0.717) is 18.3 Å². The Bertz CT molecular complexity index is 1030. The summed E-state index contributed by atoms with van der Waals surface area (Å²) in [7, 11) is 1.63. The van der Waals surface area contributed by atoms with Crippen molar-refractivity contribution in [3.8, 4) is 17.2 Å². The Labute approximate surface area is 175 Å². The third-order valence-corrected chi connectivity index (χ3v) is 5.33. The first kappa shape index (κ1) is 19.9. The summed E-state index contributed by atoms with van der Waals surface area (Å²) in [4.78, 5) is 23.8. The van der Waals surface area contributed by atoms with Crippen molar-refractivity contribution in [1.29, 1.82) is 0 Å². The number of carbonyl (C=O) groups excluding carboxylic acids is 1. The lowest BCUT2D eigenvalue weighted by molar-refractivity contribution is -0.120. The zero-order valence-electron chi connectivity index (χ0n) is 17.4. The highest BCUT2D eigenvalue weighted by Gasteiger charge is 2.27. The quantitative estimate of drug-likeness (QED) is 0.690. The third-order valence-electron chi connectivity index (χ3n) is 5.33. The van der Waals surface area contributed by atoms with Gasteiger partial charge in [-0.2, -0.15) is 4.98 Å². The Balaban J connectivity index is 1.42. The number of rotatable bonds is 5. The molecule has 8 nitrogen and oxygen atoms in total. The number of hydrogen-bond donors (Lipinski definition) is 1. The van der Waals surface area contributed by atoms with Crippen molar-refractivity contribution < 1.29 is 14.1 Å². The summed E-state index contributed by atoms with van der Waals surface area (Å²) < 4.78 is 10.4. The topological polar surface area (TPSA) is 93.4 Å². The minimum atomic E-state index is -0.0969. The number of methoxy groups -OCH3 is 1. The van der Waals surface area contributed by atoms with Gasteiger partial charge in [-0.25, -0.2) is 4.98 Å². The second kappa shape index (κ2) is 8.52. The number of carbonyl (C=O) groups is 1. The molecule has 1 aromatic carbocycles. The number of benzene rings is 1. The van der Waals surface area contributed by atoms with Crippen LogP contribution < -0.4 is 15.0 Å². The fourth-order valence-electron chi connectivity index (χ4n) is 3.65. The van der Waals surface area contributed by atoms with Crippen LogP contribution in [0.5, 0.6) is 5.75 Å². The van der Waals surface area contributed by atoms with Gasteiger partial charge >= 0.3 is 0 Å². The number of pyridine rings is 1. The maximum Gasteiger partial charge on any atom is 0.259 e. The number of amides is 1. The number of ether oxygens (including phenoxy) is 1. The maximum atomic E-state index is 12.9. The summed E-state index contributed by atoms with van der Waals surface area (Å²) in [5, 5.41) is 6.88. The summed E-state index contributed by atoms with van der Waals surface area (Å²) in [5.41, 5.74) is 2.57. The molecule has 1 amide bonds. The van der Waals surface area contributed by atoms with E-state index < -0.39 is 0 Å². The Morgan fingerprint density at radius 1 is 1.27 bits per heavy atom. The molecule has 156 valence electrons. The summed E-state index contributed by atoms with van der Waals surface area (Å²) in [5.74, 6) is 2.60. The van der Waals surface area contributed by atoms with Gasteiger partial charge in [0.2, 0.25) is 5.91 Å². The number of hydrogen-bond acceptors (Lipinski definition) is 7. The fraction of sp³-hybridized carbons (Fsp3) is 0.364. The molecular formula is C22H25N5O3. The van der Waals surface area contributed by atoms with E-state index in [0.717, 1.165) is 47.8 Å². The normalized spacial score (nSPS) is 16.4. The minimum absolute atomic E-state index is 0.0333. The Kier molecular flexibility index (Phi) is 5.65. The number of anilines is 2. The second-order valence-electron chi connectivity index (χ2n) is 7.51. The van der Waals surface area contributed by atoms with Gasteiger partial charge in [-0.15, -0.1) is 0 Å². The van der Waals surface area contributed by atoms with E-state index in [9.17, 15) is 4.79 Å². The molecule has 1 aliphatic heterocycles. The van der Waals surface area contributed by atoms with Gasteiger partial charge in [0, 0.05) is 25.0 Å². The molecule has 3 aromatic rings. The monoisotopic (exact) mass is 407 g/mol. The molecular weight excluding hydrogens is 382 g/mol. The molecule has 1 saturated heterocycles.